The van der Waals surface area contributed by atoms with Crippen LogP contribution in [0, 0.1) is 0 Å². The van der Waals surface area contributed by atoms with Gasteiger partial charge in [0.25, 0.3) is 5.92 Å². The van der Waals surface area contributed by atoms with Gasteiger partial charge in [0, 0.05) is 31.8 Å². The second-order valence-electron chi connectivity index (χ2n) is 9.16. The van der Waals surface area contributed by atoms with Crippen molar-refractivity contribution in [1.29, 1.82) is 0 Å². The van der Waals surface area contributed by atoms with E-state index in [4.69, 9.17) is 4.74 Å². The number of rotatable bonds is 5. The van der Waals surface area contributed by atoms with Gasteiger partial charge in [0.05, 0.1) is 24.6 Å². The van der Waals surface area contributed by atoms with Gasteiger partial charge in [-0.25, -0.2) is 28.7 Å². The molecule has 1 atom stereocenters. The van der Waals surface area contributed by atoms with Crippen molar-refractivity contribution in [1.82, 2.24) is 24.9 Å². The molecule has 3 aliphatic heterocycles. The van der Waals surface area contributed by atoms with E-state index in [0.717, 1.165) is 12.4 Å². The first-order chi connectivity index (χ1) is 18.1. The number of alkyl halides is 5. The normalized spacial score (nSPS) is 19.7. The Morgan fingerprint density at radius 1 is 1.11 bits per heavy atom. The number of halogens is 5. The summed E-state index contributed by atoms with van der Waals surface area (Å²) in [6, 6.07) is 2.25. The fourth-order valence-corrected chi connectivity index (χ4v) is 4.79. The Hall–Kier alpha value is -4.17. The first-order valence-corrected chi connectivity index (χ1v) is 11.7. The third kappa shape index (κ3) is 4.41. The number of hydrogen-bond acceptors (Lipinski definition) is 9. The average molecular weight is 534 g/mol. The van der Waals surface area contributed by atoms with Crippen molar-refractivity contribution in [2.45, 2.75) is 43.9 Å². The fraction of sp³-hybridized carbons (Fsp3) is 0.391. The maximum absolute atomic E-state index is 14.2. The lowest BCUT2D eigenvalue weighted by molar-refractivity contribution is -0.145. The largest absolute Gasteiger partial charge is 0.451 e. The van der Waals surface area contributed by atoms with Gasteiger partial charge >= 0.3 is 6.18 Å². The topological polar surface area (TPSA) is 109 Å². The van der Waals surface area contributed by atoms with Crippen molar-refractivity contribution in [2.75, 3.05) is 28.2 Å². The Morgan fingerprint density at radius 2 is 1.89 bits per heavy atom. The zero-order valence-electron chi connectivity index (χ0n) is 19.5. The Labute approximate surface area is 211 Å². The molecule has 1 N–H and O–H groups in total. The molecule has 0 spiro atoms. The van der Waals surface area contributed by atoms with Crippen LogP contribution in [-0.4, -0.2) is 55.9 Å². The smallest absolute Gasteiger partial charge is 0.436 e. The number of carbonyl (C=O) groups excluding carboxylic acids is 1. The number of amides is 1. The van der Waals surface area contributed by atoms with Gasteiger partial charge < -0.3 is 19.9 Å². The van der Waals surface area contributed by atoms with Crippen molar-refractivity contribution in [2.24, 2.45) is 0 Å². The molecular formula is C23H19F5N8O2. The van der Waals surface area contributed by atoms with Gasteiger partial charge in [0.15, 0.2) is 11.6 Å². The lowest BCUT2D eigenvalue weighted by atomic mass is 10.0. The molecule has 1 amide bonds. The Bertz CT molecular complexity index is 1380. The Balaban J connectivity index is 1.16. The second-order valence-corrected chi connectivity index (χ2v) is 9.16. The van der Waals surface area contributed by atoms with Crippen molar-refractivity contribution in [3.63, 3.8) is 0 Å². The van der Waals surface area contributed by atoms with E-state index in [1.54, 1.807) is 6.07 Å². The van der Waals surface area contributed by atoms with E-state index in [0.29, 0.717) is 42.1 Å². The molecule has 1 fully saturated rings. The molecule has 10 nitrogen and oxygen atoms in total. The Morgan fingerprint density at radius 3 is 2.61 bits per heavy atom. The van der Waals surface area contributed by atoms with Crippen molar-refractivity contribution >= 4 is 23.4 Å². The molecule has 3 aromatic rings. The van der Waals surface area contributed by atoms with Crippen LogP contribution >= 0.6 is 0 Å². The van der Waals surface area contributed by atoms with Crippen LogP contribution < -0.4 is 19.9 Å². The van der Waals surface area contributed by atoms with E-state index >= 15 is 0 Å². The number of aryl methyl sites for hydroxylation is 1. The molecule has 0 aromatic carbocycles. The minimum Gasteiger partial charge on any atom is -0.436 e. The summed E-state index contributed by atoms with van der Waals surface area (Å²) in [6.45, 7) is 0.121. The molecular weight excluding hydrogens is 515 g/mol. The molecule has 0 unspecified atom stereocenters. The second kappa shape index (κ2) is 8.70. The molecule has 0 bridgehead atoms. The van der Waals surface area contributed by atoms with E-state index in [-0.39, 0.29) is 30.0 Å². The van der Waals surface area contributed by atoms with E-state index in [1.807, 2.05) is 0 Å². The summed E-state index contributed by atoms with van der Waals surface area (Å²) >= 11 is 0. The van der Waals surface area contributed by atoms with Crippen LogP contribution in [0.5, 0.6) is 11.6 Å². The standard InChI is InChI=1S/C23H19F5N8O2/c24-22(25)6-15-19(37)35-5-1-2-14-17(35)18(36(15)11-22)34-21(33-14)32-8-12-3-4-16(29-7-12)38-13-9-30-20(31-10-13)23(26,27)28/h3-4,7,9-10,15H,1-2,5-6,8,11H2,(H,32,33,34)/t15-/m0/s1. The summed E-state index contributed by atoms with van der Waals surface area (Å²) in [5.41, 5.74) is 1.85. The summed E-state index contributed by atoms with van der Waals surface area (Å²) in [5, 5.41) is 3.08. The number of nitrogens with zero attached hydrogens (tertiary/aromatic N) is 7. The maximum Gasteiger partial charge on any atom is 0.451 e. The predicted molar refractivity (Wildman–Crippen MR) is 122 cm³/mol. The molecule has 15 heteroatoms. The summed E-state index contributed by atoms with van der Waals surface area (Å²) in [5.74, 6) is -3.90. The van der Waals surface area contributed by atoms with Crippen molar-refractivity contribution in [3.8, 4) is 11.6 Å². The average Bonchev–Trinajstić information content (AvgIpc) is 3.22. The van der Waals surface area contributed by atoms with Crippen LogP contribution in [0.2, 0.25) is 0 Å². The van der Waals surface area contributed by atoms with Crippen molar-refractivity contribution < 1.29 is 31.5 Å². The zero-order valence-corrected chi connectivity index (χ0v) is 19.5. The summed E-state index contributed by atoms with van der Waals surface area (Å²) < 4.78 is 71.6. The number of carbonyl (C=O) groups is 1. The van der Waals surface area contributed by atoms with Crippen LogP contribution in [0.1, 0.15) is 29.9 Å². The van der Waals surface area contributed by atoms with E-state index in [2.05, 4.69) is 30.2 Å². The predicted octanol–water partition coefficient (Wildman–Crippen LogP) is 3.59. The fourth-order valence-electron chi connectivity index (χ4n) is 4.79. The number of ether oxygens (including phenoxy) is 1. The van der Waals surface area contributed by atoms with E-state index in [9.17, 15) is 26.7 Å². The minimum absolute atomic E-state index is 0.00822. The van der Waals surface area contributed by atoms with Crippen LogP contribution in [0.3, 0.4) is 0 Å². The molecule has 0 aliphatic carbocycles. The third-order valence-corrected chi connectivity index (χ3v) is 6.45. The summed E-state index contributed by atoms with van der Waals surface area (Å²) in [7, 11) is 0. The van der Waals surface area contributed by atoms with Gasteiger partial charge in [-0.1, -0.05) is 6.07 Å². The molecule has 38 heavy (non-hydrogen) atoms. The zero-order chi connectivity index (χ0) is 26.7. The summed E-state index contributed by atoms with van der Waals surface area (Å²) in [4.78, 5) is 35.4. The molecule has 1 saturated heterocycles. The van der Waals surface area contributed by atoms with E-state index in [1.165, 1.54) is 22.1 Å². The summed E-state index contributed by atoms with van der Waals surface area (Å²) in [6.07, 6.45) is -0.615. The van der Waals surface area contributed by atoms with Gasteiger partial charge in [-0.2, -0.15) is 18.2 Å². The Kier molecular flexibility index (Phi) is 5.54. The molecule has 6 rings (SSSR count). The molecule has 6 heterocycles. The number of anilines is 3. The van der Waals surface area contributed by atoms with Gasteiger partial charge in [-0.15, -0.1) is 0 Å². The van der Waals surface area contributed by atoms with Gasteiger partial charge in [-0.3, -0.25) is 4.79 Å². The number of aromatic nitrogens is 5. The highest BCUT2D eigenvalue weighted by Crippen LogP contribution is 2.46. The van der Waals surface area contributed by atoms with Crippen LogP contribution in [-0.2, 0) is 23.9 Å². The molecule has 0 radical (unpaired) electrons. The van der Waals surface area contributed by atoms with Crippen molar-refractivity contribution in [3.05, 3.63) is 47.8 Å². The van der Waals surface area contributed by atoms with E-state index < -0.39 is 36.9 Å². The number of hydrogen-bond donors (Lipinski definition) is 1. The SMILES string of the molecule is O=C1[C@@H]2CC(F)(F)CN2c2nc(NCc3ccc(Oc4cnc(C(F)(F)F)nc4)nc3)nc3c2N1CCC3. The van der Waals surface area contributed by atoms with Crippen LogP contribution in [0.15, 0.2) is 30.7 Å². The molecule has 3 aliphatic rings. The molecule has 198 valence electrons. The highest BCUT2D eigenvalue weighted by Gasteiger charge is 2.54. The van der Waals surface area contributed by atoms with Crippen LogP contribution in [0.4, 0.5) is 39.4 Å². The number of fused-ring (bicyclic) bond motifs is 2. The number of pyridine rings is 1. The lowest BCUT2D eigenvalue weighted by Crippen LogP contribution is -2.53. The first-order valence-electron chi connectivity index (χ1n) is 11.7. The quantitative estimate of drug-likeness (QED) is 0.491. The van der Waals surface area contributed by atoms with Gasteiger partial charge in [0.2, 0.25) is 23.6 Å². The molecule has 0 saturated carbocycles. The maximum atomic E-state index is 14.2. The highest BCUT2D eigenvalue weighted by atomic mass is 19.4. The van der Waals surface area contributed by atoms with Gasteiger partial charge in [-0.05, 0) is 18.4 Å². The molecule has 3 aromatic heterocycles. The number of nitrogens with one attached hydrogen (secondary N) is 1. The lowest BCUT2D eigenvalue weighted by Gasteiger charge is -2.41. The highest BCUT2D eigenvalue weighted by molar-refractivity contribution is 6.06. The first kappa shape index (κ1) is 24.2. The van der Waals surface area contributed by atoms with Crippen LogP contribution in [0.25, 0.3) is 0 Å². The third-order valence-electron chi connectivity index (χ3n) is 6.45. The van der Waals surface area contributed by atoms with Gasteiger partial charge in [0.1, 0.15) is 11.7 Å². The minimum atomic E-state index is -4.65. The monoisotopic (exact) mass is 534 g/mol.